The molecular weight excluding hydrogens is 404 g/mol. The van der Waals surface area contributed by atoms with Gasteiger partial charge in [-0.3, -0.25) is 9.36 Å². The van der Waals surface area contributed by atoms with E-state index in [1.54, 1.807) is 13.0 Å². The van der Waals surface area contributed by atoms with Crippen LogP contribution in [0.2, 0.25) is 5.02 Å². The van der Waals surface area contributed by atoms with Gasteiger partial charge in [0.1, 0.15) is 24.0 Å². The zero-order chi connectivity index (χ0) is 21.1. The third-order valence-electron chi connectivity index (χ3n) is 4.21. The number of hydrogen-bond donors (Lipinski definition) is 0. The molecule has 0 bridgehead atoms. The van der Waals surface area contributed by atoms with Gasteiger partial charge in [-0.1, -0.05) is 11.6 Å². The zero-order valence-corrected chi connectivity index (χ0v) is 16.3. The SMILES string of the molecule is COC(=O)c1ccc(Cl)c(-n2c(C)cc(OCc3ccc(F)cc3F)cc2=O)c1. The van der Waals surface area contributed by atoms with Gasteiger partial charge in [-0.05, 0) is 37.3 Å². The number of carbonyl (C=O) groups excluding carboxylic acids is 1. The van der Waals surface area contributed by atoms with Crippen LogP contribution in [0.15, 0.2) is 53.3 Å². The normalized spacial score (nSPS) is 10.7. The van der Waals surface area contributed by atoms with E-state index in [4.69, 9.17) is 21.1 Å². The molecule has 3 aromatic rings. The summed E-state index contributed by atoms with van der Waals surface area (Å²) in [4.78, 5) is 24.4. The van der Waals surface area contributed by atoms with E-state index in [1.165, 1.54) is 42.0 Å². The second-order valence-corrected chi connectivity index (χ2v) is 6.60. The lowest BCUT2D eigenvalue weighted by molar-refractivity contribution is 0.0600. The minimum atomic E-state index is -0.735. The van der Waals surface area contributed by atoms with Crippen LogP contribution < -0.4 is 10.3 Å². The molecular formula is C21H16ClF2NO4. The summed E-state index contributed by atoms with van der Waals surface area (Å²) in [6, 6.07) is 10.4. The van der Waals surface area contributed by atoms with Crippen LogP contribution in [0.4, 0.5) is 8.78 Å². The molecule has 0 aliphatic carbocycles. The molecule has 0 fully saturated rings. The number of carbonyl (C=O) groups is 1. The number of methoxy groups -OCH3 is 1. The first kappa shape index (κ1) is 20.5. The number of benzene rings is 2. The van der Waals surface area contributed by atoms with E-state index in [9.17, 15) is 18.4 Å². The van der Waals surface area contributed by atoms with Gasteiger partial charge in [0.25, 0.3) is 5.56 Å². The quantitative estimate of drug-likeness (QED) is 0.573. The fourth-order valence-corrected chi connectivity index (χ4v) is 2.99. The predicted molar refractivity (Wildman–Crippen MR) is 104 cm³/mol. The fraction of sp³-hybridized carbons (Fsp3) is 0.143. The van der Waals surface area contributed by atoms with Crippen molar-refractivity contribution in [1.82, 2.24) is 4.57 Å². The van der Waals surface area contributed by atoms with Crippen molar-refractivity contribution in [1.29, 1.82) is 0 Å². The Morgan fingerprint density at radius 1 is 1.10 bits per heavy atom. The summed E-state index contributed by atoms with van der Waals surface area (Å²) < 4.78 is 38.2. The van der Waals surface area contributed by atoms with Crippen molar-refractivity contribution in [2.75, 3.05) is 7.11 Å². The molecule has 150 valence electrons. The molecule has 2 aromatic carbocycles. The molecule has 5 nitrogen and oxygen atoms in total. The van der Waals surface area contributed by atoms with Gasteiger partial charge in [-0.25, -0.2) is 13.6 Å². The number of hydrogen-bond acceptors (Lipinski definition) is 4. The largest absolute Gasteiger partial charge is 0.489 e. The zero-order valence-electron chi connectivity index (χ0n) is 15.5. The molecule has 3 rings (SSSR count). The molecule has 0 atom stereocenters. The number of nitrogens with zero attached hydrogens (tertiary/aromatic N) is 1. The van der Waals surface area contributed by atoms with Crippen molar-refractivity contribution in [2.45, 2.75) is 13.5 Å². The Hall–Kier alpha value is -3.19. The maximum absolute atomic E-state index is 13.7. The summed E-state index contributed by atoms with van der Waals surface area (Å²) in [7, 11) is 1.25. The van der Waals surface area contributed by atoms with Crippen molar-refractivity contribution in [2.24, 2.45) is 0 Å². The highest BCUT2D eigenvalue weighted by Gasteiger charge is 2.14. The molecule has 8 heteroatoms. The number of pyridine rings is 1. The van der Waals surface area contributed by atoms with Crippen LogP contribution in [-0.4, -0.2) is 17.6 Å². The Morgan fingerprint density at radius 2 is 1.86 bits per heavy atom. The highest BCUT2D eigenvalue weighted by Crippen LogP contribution is 2.24. The summed E-state index contributed by atoms with van der Waals surface area (Å²) in [5.74, 6) is -1.76. The van der Waals surface area contributed by atoms with E-state index >= 15 is 0 Å². The topological polar surface area (TPSA) is 57.5 Å². The number of aryl methyl sites for hydroxylation is 1. The number of aromatic nitrogens is 1. The van der Waals surface area contributed by atoms with Crippen molar-refractivity contribution >= 4 is 17.6 Å². The van der Waals surface area contributed by atoms with E-state index in [1.807, 2.05) is 0 Å². The van der Waals surface area contributed by atoms with Crippen molar-refractivity contribution in [3.63, 3.8) is 0 Å². The van der Waals surface area contributed by atoms with Crippen molar-refractivity contribution in [3.8, 4) is 11.4 Å². The van der Waals surface area contributed by atoms with Gasteiger partial charge >= 0.3 is 5.97 Å². The number of esters is 1. The lowest BCUT2D eigenvalue weighted by atomic mass is 10.2. The first-order chi connectivity index (χ1) is 13.8. The fourth-order valence-electron chi connectivity index (χ4n) is 2.79. The van der Waals surface area contributed by atoms with Crippen LogP contribution in [0, 0.1) is 18.6 Å². The average molecular weight is 420 g/mol. The lowest BCUT2D eigenvalue weighted by Crippen LogP contribution is -2.21. The molecule has 0 radical (unpaired) electrons. The molecule has 0 saturated carbocycles. The molecule has 1 heterocycles. The molecule has 0 aliphatic heterocycles. The van der Waals surface area contributed by atoms with Crippen LogP contribution in [-0.2, 0) is 11.3 Å². The van der Waals surface area contributed by atoms with Gasteiger partial charge < -0.3 is 9.47 Å². The van der Waals surface area contributed by atoms with Gasteiger partial charge in [-0.15, -0.1) is 0 Å². The van der Waals surface area contributed by atoms with E-state index in [0.29, 0.717) is 11.4 Å². The smallest absolute Gasteiger partial charge is 0.337 e. The molecule has 1 aromatic heterocycles. The maximum Gasteiger partial charge on any atom is 0.337 e. The molecule has 0 amide bonds. The number of ether oxygens (including phenoxy) is 2. The first-order valence-electron chi connectivity index (χ1n) is 8.49. The minimum Gasteiger partial charge on any atom is -0.489 e. The summed E-state index contributed by atoms with van der Waals surface area (Å²) in [6.45, 7) is 1.49. The molecule has 0 saturated heterocycles. The second kappa shape index (κ2) is 8.45. The Balaban J connectivity index is 1.92. The summed E-state index contributed by atoms with van der Waals surface area (Å²) >= 11 is 6.22. The molecule has 0 aliphatic rings. The van der Waals surface area contributed by atoms with E-state index in [-0.39, 0.29) is 28.5 Å². The van der Waals surface area contributed by atoms with Crippen LogP contribution in [0.1, 0.15) is 21.6 Å². The molecule has 0 N–H and O–H groups in total. The minimum absolute atomic E-state index is 0.155. The summed E-state index contributed by atoms with van der Waals surface area (Å²) in [6.07, 6.45) is 0. The summed E-state index contributed by atoms with van der Waals surface area (Å²) in [5.41, 5.74) is 0.736. The van der Waals surface area contributed by atoms with E-state index < -0.39 is 23.2 Å². The van der Waals surface area contributed by atoms with Gasteiger partial charge in [-0.2, -0.15) is 0 Å². The first-order valence-corrected chi connectivity index (χ1v) is 8.86. The Bertz CT molecular complexity index is 1140. The molecule has 0 unspecified atom stereocenters. The highest BCUT2D eigenvalue weighted by molar-refractivity contribution is 6.32. The van der Waals surface area contributed by atoms with Crippen LogP contribution in [0.3, 0.4) is 0 Å². The lowest BCUT2D eigenvalue weighted by Gasteiger charge is -2.15. The second-order valence-electron chi connectivity index (χ2n) is 6.19. The van der Waals surface area contributed by atoms with E-state index in [0.717, 1.165) is 12.1 Å². The maximum atomic E-state index is 13.7. The van der Waals surface area contributed by atoms with Crippen LogP contribution in [0.25, 0.3) is 5.69 Å². The van der Waals surface area contributed by atoms with Gasteiger partial charge in [0.05, 0.1) is 23.4 Å². The Morgan fingerprint density at radius 3 is 2.52 bits per heavy atom. The average Bonchev–Trinajstić information content (AvgIpc) is 2.67. The molecule has 29 heavy (non-hydrogen) atoms. The van der Waals surface area contributed by atoms with Crippen molar-refractivity contribution < 1.29 is 23.0 Å². The third kappa shape index (κ3) is 4.46. The van der Waals surface area contributed by atoms with Gasteiger partial charge in [0.15, 0.2) is 0 Å². The van der Waals surface area contributed by atoms with Gasteiger partial charge in [0, 0.05) is 29.5 Å². The Kier molecular flexibility index (Phi) is 5.98. The van der Waals surface area contributed by atoms with Crippen LogP contribution >= 0.6 is 11.6 Å². The van der Waals surface area contributed by atoms with Crippen molar-refractivity contribution in [3.05, 3.63) is 92.4 Å². The monoisotopic (exact) mass is 419 g/mol. The third-order valence-corrected chi connectivity index (χ3v) is 4.53. The number of rotatable bonds is 5. The molecule has 0 spiro atoms. The summed E-state index contributed by atoms with van der Waals surface area (Å²) in [5, 5.41) is 0.268. The van der Waals surface area contributed by atoms with E-state index in [2.05, 4.69) is 0 Å². The highest BCUT2D eigenvalue weighted by atomic mass is 35.5. The van der Waals surface area contributed by atoms with Crippen LogP contribution in [0.5, 0.6) is 5.75 Å². The Labute approximate surface area is 170 Å². The predicted octanol–water partition coefficient (Wildman–Crippen LogP) is 4.44. The number of halogens is 3. The van der Waals surface area contributed by atoms with Gasteiger partial charge in [0.2, 0.25) is 0 Å². The standard InChI is InChI=1S/C21H16ClF2NO4/c1-12-7-16(29-11-14-3-5-15(23)9-18(14)24)10-20(26)25(12)19-8-13(21(27)28-2)4-6-17(19)22/h3-10H,11H2,1-2H3.